The van der Waals surface area contributed by atoms with E-state index in [4.69, 9.17) is 4.74 Å². The summed E-state index contributed by atoms with van der Waals surface area (Å²) in [6, 6.07) is 3.35. The van der Waals surface area contributed by atoms with Gasteiger partial charge in [0.15, 0.2) is 0 Å². The summed E-state index contributed by atoms with van der Waals surface area (Å²) in [5.41, 5.74) is 0.510. The number of hydrogen-bond acceptors (Lipinski definition) is 5. The number of carbonyl (C=O) groups is 1. The van der Waals surface area contributed by atoms with Gasteiger partial charge in [-0.25, -0.2) is 4.98 Å². The minimum absolute atomic E-state index is 0.0987. The maximum atomic E-state index is 11.4. The van der Waals surface area contributed by atoms with Crippen molar-refractivity contribution < 1.29 is 14.5 Å². The highest BCUT2D eigenvalue weighted by atomic mass is 79.9. The van der Waals surface area contributed by atoms with Crippen LogP contribution in [0.2, 0.25) is 0 Å². The molecule has 0 aliphatic carbocycles. The number of rotatable bonds is 4. The van der Waals surface area contributed by atoms with Crippen LogP contribution < -0.4 is 0 Å². The van der Waals surface area contributed by atoms with Gasteiger partial charge in [0.1, 0.15) is 11.9 Å². The molecule has 0 radical (unpaired) electrons. The molecule has 7 nitrogen and oxygen atoms in total. The average molecular weight is 328 g/mol. The summed E-state index contributed by atoms with van der Waals surface area (Å²) in [6.07, 6.45) is 1.32. The molecule has 0 saturated carbocycles. The number of imidazole rings is 1. The molecule has 2 aromatic rings. The van der Waals surface area contributed by atoms with Crippen LogP contribution in [0.25, 0.3) is 5.65 Å². The molecule has 0 saturated heterocycles. The minimum atomic E-state index is -0.555. The lowest BCUT2D eigenvalue weighted by Crippen LogP contribution is -2.09. The Morgan fingerprint density at radius 3 is 2.95 bits per heavy atom. The quantitative estimate of drug-likeness (QED) is 0.487. The van der Waals surface area contributed by atoms with Crippen molar-refractivity contribution in [3.63, 3.8) is 0 Å². The zero-order chi connectivity index (χ0) is 14.0. The Hall–Kier alpha value is -1.96. The number of halogens is 1. The van der Waals surface area contributed by atoms with Crippen molar-refractivity contribution in [1.29, 1.82) is 0 Å². The molecule has 0 fully saturated rings. The van der Waals surface area contributed by atoms with Crippen LogP contribution in [-0.4, -0.2) is 26.9 Å². The number of fused-ring (bicyclic) bond motifs is 1. The molecule has 0 aliphatic rings. The smallest absolute Gasteiger partial charge is 0.351 e. The molecular formula is C11H10BrN3O4. The Morgan fingerprint density at radius 1 is 1.58 bits per heavy atom. The topological polar surface area (TPSA) is 86.7 Å². The minimum Gasteiger partial charge on any atom is -0.466 e. The Bertz CT molecular complexity index is 653. The molecule has 0 spiro atoms. The predicted molar refractivity (Wildman–Crippen MR) is 69.9 cm³/mol. The van der Waals surface area contributed by atoms with Gasteiger partial charge < -0.3 is 14.9 Å². The van der Waals surface area contributed by atoms with Crippen molar-refractivity contribution in [3.05, 3.63) is 38.6 Å². The van der Waals surface area contributed by atoms with Gasteiger partial charge in [0.25, 0.3) is 0 Å². The van der Waals surface area contributed by atoms with Crippen molar-refractivity contribution >= 4 is 33.4 Å². The number of nitro groups is 1. The SMILES string of the molecule is CCOC(=O)Cc1nc2ccc(Br)cn2c1[N+](=O)[O-]. The summed E-state index contributed by atoms with van der Waals surface area (Å²) in [4.78, 5) is 26.1. The first-order chi connectivity index (χ1) is 9.02. The summed E-state index contributed by atoms with van der Waals surface area (Å²) in [5.74, 6) is -0.752. The van der Waals surface area contributed by atoms with Gasteiger partial charge in [0, 0.05) is 6.07 Å². The molecule has 0 aliphatic heterocycles. The van der Waals surface area contributed by atoms with E-state index >= 15 is 0 Å². The number of pyridine rings is 1. The van der Waals surface area contributed by atoms with Crippen LogP contribution in [0.15, 0.2) is 22.8 Å². The number of esters is 1. The zero-order valence-electron chi connectivity index (χ0n) is 10.00. The van der Waals surface area contributed by atoms with Crippen LogP contribution in [0, 0.1) is 10.1 Å². The lowest BCUT2D eigenvalue weighted by molar-refractivity contribution is -0.391. The Labute approximate surface area is 116 Å². The summed E-state index contributed by atoms with van der Waals surface area (Å²) >= 11 is 3.24. The van der Waals surface area contributed by atoms with Gasteiger partial charge >= 0.3 is 11.8 Å². The van der Waals surface area contributed by atoms with Gasteiger partial charge in [-0.1, -0.05) is 0 Å². The summed E-state index contributed by atoms with van der Waals surface area (Å²) in [5, 5.41) is 11.1. The fraction of sp³-hybridized carbons (Fsp3) is 0.273. The standard InChI is InChI=1S/C11H10BrN3O4/c1-2-19-10(16)5-8-11(15(17)18)14-6-7(12)3-4-9(14)13-8/h3-4,6H,2,5H2,1H3. The summed E-state index contributed by atoms with van der Waals surface area (Å²) < 4.78 is 6.80. The number of nitrogens with zero attached hydrogens (tertiary/aromatic N) is 3. The number of carbonyl (C=O) groups excluding carboxylic acids is 1. The maximum absolute atomic E-state index is 11.4. The van der Waals surface area contributed by atoms with Crippen LogP contribution >= 0.6 is 15.9 Å². The van der Waals surface area contributed by atoms with E-state index in [1.807, 2.05) is 0 Å². The molecule has 8 heteroatoms. The van der Waals surface area contributed by atoms with E-state index in [1.54, 1.807) is 19.1 Å². The maximum Gasteiger partial charge on any atom is 0.351 e. The van der Waals surface area contributed by atoms with Crippen molar-refractivity contribution in [3.8, 4) is 0 Å². The van der Waals surface area contributed by atoms with E-state index in [9.17, 15) is 14.9 Å². The average Bonchev–Trinajstić information content (AvgIpc) is 2.66. The van der Waals surface area contributed by atoms with Gasteiger partial charge in [0.05, 0.1) is 17.5 Å². The molecule has 19 heavy (non-hydrogen) atoms. The molecule has 0 N–H and O–H groups in total. The Morgan fingerprint density at radius 2 is 2.32 bits per heavy atom. The first kappa shape index (κ1) is 13.5. The third kappa shape index (κ3) is 2.73. The molecule has 0 unspecified atom stereocenters. The highest BCUT2D eigenvalue weighted by molar-refractivity contribution is 9.10. The van der Waals surface area contributed by atoms with E-state index in [1.165, 1.54) is 10.6 Å². The molecule has 0 atom stereocenters. The predicted octanol–water partition coefficient (Wildman–Crippen LogP) is 2.11. The van der Waals surface area contributed by atoms with Gasteiger partial charge in [-0.2, -0.15) is 4.40 Å². The first-order valence-corrected chi connectivity index (χ1v) is 6.28. The summed E-state index contributed by atoms with van der Waals surface area (Å²) in [7, 11) is 0. The summed E-state index contributed by atoms with van der Waals surface area (Å²) in [6.45, 7) is 1.90. The van der Waals surface area contributed by atoms with E-state index < -0.39 is 10.9 Å². The van der Waals surface area contributed by atoms with Crippen molar-refractivity contribution in [2.24, 2.45) is 0 Å². The van der Waals surface area contributed by atoms with E-state index in [-0.39, 0.29) is 24.5 Å². The van der Waals surface area contributed by atoms with Crippen molar-refractivity contribution in [2.45, 2.75) is 13.3 Å². The zero-order valence-corrected chi connectivity index (χ0v) is 11.6. The third-order valence-corrected chi connectivity index (χ3v) is 2.89. The Kier molecular flexibility index (Phi) is 3.79. The number of hydrogen-bond donors (Lipinski definition) is 0. The number of ether oxygens (including phenoxy) is 1. The molecule has 2 rings (SSSR count). The van der Waals surface area contributed by atoms with E-state index in [0.29, 0.717) is 10.1 Å². The highest BCUT2D eigenvalue weighted by Gasteiger charge is 2.24. The van der Waals surface area contributed by atoms with E-state index in [0.717, 1.165) is 0 Å². The van der Waals surface area contributed by atoms with Crippen molar-refractivity contribution in [1.82, 2.24) is 9.38 Å². The second kappa shape index (κ2) is 5.35. The molecule has 0 amide bonds. The van der Waals surface area contributed by atoms with Gasteiger partial charge in [-0.15, -0.1) is 0 Å². The normalized spacial score (nSPS) is 10.6. The molecule has 0 aromatic carbocycles. The van der Waals surface area contributed by atoms with Crippen LogP contribution in [0.1, 0.15) is 12.6 Å². The lowest BCUT2D eigenvalue weighted by Gasteiger charge is -1.99. The molecule has 2 heterocycles. The fourth-order valence-electron chi connectivity index (χ4n) is 1.72. The molecular weight excluding hydrogens is 318 g/mol. The lowest BCUT2D eigenvalue weighted by atomic mass is 10.3. The monoisotopic (exact) mass is 327 g/mol. The molecule has 0 bridgehead atoms. The van der Waals surface area contributed by atoms with Crippen LogP contribution in [0.3, 0.4) is 0 Å². The molecule has 100 valence electrons. The van der Waals surface area contributed by atoms with Crippen LogP contribution in [-0.2, 0) is 16.0 Å². The highest BCUT2D eigenvalue weighted by Crippen LogP contribution is 2.23. The van der Waals surface area contributed by atoms with Crippen LogP contribution in [0.5, 0.6) is 0 Å². The van der Waals surface area contributed by atoms with Crippen molar-refractivity contribution in [2.75, 3.05) is 6.61 Å². The van der Waals surface area contributed by atoms with Crippen LogP contribution in [0.4, 0.5) is 5.82 Å². The molecule has 2 aromatic heterocycles. The van der Waals surface area contributed by atoms with Gasteiger partial charge in [0.2, 0.25) is 5.65 Å². The second-order valence-corrected chi connectivity index (χ2v) is 4.61. The van der Waals surface area contributed by atoms with Gasteiger partial charge in [-0.3, -0.25) is 4.79 Å². The number of aromatic nitrogens is 2. The Balaban J connectivity index is 2.51. The van der Waals surface area contributed by atoms with E-state index in [2.05, 4.69) is 20.9 Å². The fourth-order valence-corrected chi connectivity index (χ4v) is 2.05. The largest absolute Gasteiger partial charge is 0.466 e. The van der Waals surface area contributed by atoms with Gasteiger partial charge in [-0.05, 0) is 33.8 Å². The first-order valence-electron chi connectivity index (χ1n) is 5.49. The second-order valence-electron chi connectivity index (χ2n) is 3.70. The third-order valence-electron chi connectivity index (χ3n) is 2.42.